The van der Waals surface area contributed by atoms with Gasteiger partial charge in [0, 0.05) is 19.8 Å². The second-order valence-corrected chi connectivity index (χ2v) is 6.09. The molecule has 2 N–H and O–H groups in total. The minimum absolute atomic E-state index is 0.00675. The second kappa shape index (κ2) is 8.84. The van der Waals surface area contributed by atoms with Crippen LogP contribution in [-0.2, 0) is 9.59 Å². The molecule has 0 bridgehead atoms. The van der Waals surface area contributed by atoms with Gasteiger partial charge in [-0.2, -0.15) is 0 Å². The summed E-state index contributed by atoms with van der Waals surface area (Å²) in [6.07, 6.45) is 0. The van der Waals surface area contributed by atoms with Crippen LogP contribution in [0.15, 0.2) is 54.6 Å². The summed E-state index contributed by atoms with van der Waals surface area (Å²) in [5.41, 5.74) is 0.692. The summed E-state index contributed by atoms with van der Waals surface area (Å²) < 4.78 is 5.71. The summed E-state index contributed by atoms with van der Waals surface area (Å²) in [5.74, 6) is 1.31. The number of hydrogen-bond donors (Lipinski definition) is 2. The number of ether oxygens (including phenoxy) is 1. The number of nitrogens with one attached hydrogen (secondary N) is 2. The maximum absolute atomic E-state index is 12.1. The molecule has 0 saturated carbocycles. The van der Waals surface area contributed by atoms with Crippen molar-refractivity contribution in [2.24, 2.45) is 0 Å². The summed E-state index contributed by atoms with van der Waals surface area (Å²) >= 11 is 0. The first-order valence-corrected chi connectivity index (χ1v) is 8.08. The molecule has 0 fully saturated rings. The second-order valence-electron chi connectivity index (χ2n) is 6.09. The normalized spacial score (nSPS) is 11.5. The Morgan fingerprint density at radius 2 is 1.56 bits per heavy atom. The van der Waals surface area contributed by atoms with Crippen molar-refractivity contribution < 1.29 is 19.2 Å². The number of nitrogens with zero attached hydrogens (tertiary/aromatic N) is 1. The number of amides is 2. The smallest absolute Gasteiger partial charge is 0.279 e. The summed E-state index contributed by atoms with van der Waals surface area (Å²) in [7, 11) is 5.22. The number of rotatable bonds is 7. The van der Waals surface area contributed by atoms with E-state index in [1.54, 1.807) is 38.4 Å². The highest BCUT2D eigenvalue weighted by Crippen LogP contribution is 2.22. The van der Waals surface area contributed by atoms with Gasteiger partial charge in [-0.15, -0.1) is 0 Å². The molecule has 0 aliphatic heterocycles. The first-order valence-electron chi connectivity index (χ1n) is 8.08. The number of para-hydroxylation sites is 1. The summed E-state index contributed by atoms with van der Waals surface area (Å²) in [5, 5.41) is 2.83. The lowest BCUT2D eigenvalue weighted by Crippen LogP contribution is -3.11. The molecule has 0 aliphatic carbocycles. The summed E-state index contributed by atoms with van der Waals surface area (Å²) in [4.78, 5) is 26.1. The Morgan fingerprint density at radius 3 is 2.16 bits per heavy atom. The fourth-order valence-electron chi connectivity index (χ4n) is 2.19. The average molecular weight is 342 g/mol. The van der Waals surface area contributed by atoms with E-state index in [1.165, 1.54) is 4.90 Å². The molecule has 0 heterocycles. The van der Waals surface area contributed by atoms with Crippen LogP contribution in [0.3, 0.4) is 0 Å². The van der Waals surface area contributed by atoms with E-state index in [2.05, 4.69) is 5.32 Å². The van der Waals surface area contributed by atoms with Crippen molar-refractivity contribution in [2.45, 2.75) is 0 Å². The molecule has 2 rings (SSSR count). The Bertz CT molecular complexity index is 700. The van der Waals surface area contributed by atoms with Crippen LogP contribution >= 0.6 is 0 Å². The number of hydrogen-bond acceptors (Lipinski definition) is 3. The Hall–Kier alpha value is -2.86. The van der Waals surface area contributed by atoms with E-state index in [9.17, 15) is 9.59 Å². The molecule has 6 heteroatoms. The third kappa shape index (κ3) is 6.27. The lowest BCUT2D eigenvalue weighted by molar-refractivity contribution is -0.862. The van der Waals surface area contributed by atoms with Crippen molar-refractivity contribution in [3.05, 3.63) is 54.6 Å². The van der Waals surface area contributed by atoms with Gasteiger partial charge in [-0.1, -0.05) is 18.2 Å². The molecule has 0 spiro atoms. The maximum Gasteiger partial charge on any atom is 0.279 e. The molecule has 6 nitrogen and oxygen atoms in total. The van der Waals surface area contributed by atoms with Gasteiger partial charge in [-0.25, -0.2) is 0 Å². The van der Waals surface area contributed by atoms with Gasteiger partial charge >= 0.3 is 0 Å². The average Bonchev–Trinajstić information content (AvgIpc) is 2.57. The standard InChI is InChI=1S/C19H23N3O3/c1-21(2)19(24)14-22(3)13-18(23)20-15-9-11-17(12-10-15)25-16-7-5-4-6-8-16/h4-12H,13-14H2,1-3H3,(H,20,23)/p+1. The summed E-state index contributed by atoms with van der Waals surface area (Å²) in [6.45, 7) is 0.506. The monoisotopic (exact) mass is 342 g/mol. The van der Waals surface area contributed by atoms with Gasteiger partial charge in [0.2, 0.25) is 0 Å². The molecule has 2 amide bonds. The predicted octanol–water partition coefficient (Wildman–Crippen LogP) is 1.02. The van der Waals surface area contributed by atoms with E-state index >= 15 is 0 Å². The summed E-state index contributed by atoms with van der Waals surface area (Å²) in [6, 6.07) is 16.7. The SMILES string of the molecule is CN(C)C(=O)C[NH+](C)CC(=O)Nc1ccc(Oc2ccccc2)cc1. The van der Waals surface area contributed by atoms with Crippen molar-refractivity contribution >= 4 is 17.5 Å². The minimum Gasteiger partial charge on any atom is -0.457 e. The van der Waals surface area contributed by atoms with Crippen molar-refractivity contribution in [1.29, 1.82) is 0 Å². The molecule has 0 aromatic heterocycles. The molecule has 0 radical (unpaired) electrons. The van der Waals surface area contributed by atoms with E-state index in [-0.39, 0.29) is 24.9 Å². The van der Waals surface area contributed by atoms with Crippen LogP contribution in [0.4, 0.5) is 5.69 Å². The minimum atomic E-state index is -0.138. The zero-order valence-electron chi connectivity index (χ0n) is 14.8. The molecule has 0 saturated heterocycles. The van der Waals surface area contributed by atoms with E-state index in [4.69, 9.17) is 4.74 Å². The highest BCUT2D eigenvalue weighted by atomic mass is 16.5. The van der Waals surface area contributed by atoms with Crippen LogP contribution in [-0.4, -0.2) is 50.9 Å². The molecule has 1 atom stereocenters. The Balaban J connectivity index is 1.84. The highest BCUT2D eigenvalue weighted by molar-refractivity contribution is 5.91. The van der Waals surface area contributed by atoms with Crippen LogP contribution in [0.2, 0.25) is 0 Å². The van der Waals surface area contributed by atoms with Crippen molar-refractivity contribution in [2.75, 3.05) is 39.5 Å². The lowest BCUT2D eigenvalue weighted by Gasteiger charge is -2.16. The van der Waals surface area contributed by atoms with Crippen LogP contribution in [0.25, 0.3) is 0 Å². The molecule has 1 unspecified atom stereocenters. The van der Waals surface area contributed by atoms with Crippen LogP contribution in [0.1, 0.15) is 0 Å². The molecule has 132 valence electrons. The van der Waals surface area contributed by atoms with E-state index in [1.807, 2.05) is 37.4 Å². The van der Waals surface area contributed by atoms with E-state index in [0.717, 1.165) is 10.6 Å². The van der Waals surface area contributed by atoms with Crippen molar-refractivity contribution in [3.63, 3.8) is 0 Å². The Morgan fingerprint density at radius 1 is 0.960 bits per heavy atom. The fraction of sp³-hybridized carbons (Fsp3) is 0.263. The van der Waals surface area contributed by atoms with Gasteiger partial charge in [0.1, 0.15) is 11.5 Å². The number of benzene rings is 2. The number of likely N-dealkylation sites (N-methyl/N-ethyl adjacent to an activating group) is 2. The number of carbonyl (C=O) groups is 2. The molecular formula is C19H24N3O3+. The molecular weight excluding hydrogens is 318 g/mol. The predicted molar refractivity (Wildman–Crippen MR) is 96.9 cm³/mol. The molecule has 25 heavy (non-hydrogen) atoms. The quantitative estimate of drug-likeness (QED) is 0.790. The van der Waals surface area contributed by atoms with Gasteiger partial charge in [0.25, 0.3) is 11.8 Å². The highest BCUT2D eigenvalue weighted by Gasteiger charge is 2.15. The number of anilines is 1. The van der Waals surface area contributed by atoms with Crippen molar-refractivity contribution in [1.82, 2.24) is 4.90 Å². The van der Waals surface area contributed by atoms with Crippen LogP contribution in [0.5, 0.6) is 11.5 Å². The maximum atomic E-state index is 12.1. The largest absolute Gasteiger partial charge is 0.457 e. The first-order chi connectivity index (χ1) is 11.9. The van der Waals surface area contributed by atoms with Gasteiger partial charge in [-0.3, -0.25) is 9.59 Å². The van der Waals surface area contributed by atoms with Gasteiger partial charge in [0.05, 0.1) is 7.05 Å². The fourth-order valence-corrected chi connectivity index (χ4v) is 2.19. The first kappa shape index (κ1) is 18.5. The van der Waals surface area contributed by atoms with E-state index < -0.39 is 0 Å². The lowest BCUT2D eigenvalue weighted by atomic mass is 10.3. The van der Waals surface area contributed by atoms with Gasteiger partial charge in [0.15, 0.2) is 13.1 Å². The Labute approximate surface area is 148 Å². The zero-order valence-corrected chi connectivity index (χ0v) is 14.8. The number of quaternary nitrogens is 1. The Kier molecular flexibility index (Phi) is 6.54. The third-order valence-electron chi connectivity index (χ3n) is 3.53. The van der Waals surface area contributed by atoms with Crippen molar-refractivity contribution in [3.8, 4) is 11.5 Å². The number of carbonyl (C=O) groups excluding carboxylic acids is 2. The van der Waals surface area contributed by atoms with Gasteiger partial charge in [-0.05, 0) is 36.4 Å². The van der Waals surface area contributed by atoms with E-state index in [0.29, 0.717) is 11.4 Å². The molecule has 0 aliphatic rings. The molecule has 2 aromatic carbocycles. The third-order valence-corrected chi connectivity index (χ3v) is 3.53. The van der Waals surface area contributed by atoms with Crippen LogP contribution in [0, 0.1) is 0 Å². The van der Waals surface area contributed by atoms with Gasteiger partial charge < -0.3 is 19.9 Å². The van der Waals surface area contributed by atoms with Crippen LogP contribution < -0.4 is 15.0 Å². The molecule has 2 aromatic rings. The topological polar surface area (TPSA) is 63.1 Å². The zero-order chi connectivity index (χ0) is 18.2.